The molecule has 0 aliphatic carbocycles. The maximum atomic E-state index is 12.2. The van der Waals surface area contributed by atoms with E-state index in [1.54, 1.807) is 0 Å². The fourth-order valence-corrected chi connectivity index (χ4v) is 0.606. The number of ether oxygens (including phenoxy) is 1. The molecule has 7 heteroatoms. The number of methoxy groups -OCH3 is 1. The summed E-state index contributed by atoms with van der Waals surface area (Å²) < 4.78 is 41.1. The summed E-state index contributed by atoms with van der Waals surface area (Å²) in [5, 5.41) is 0. The molecule has 0 radical (unpaired) electrons. The highest BCUT2D eigenvalue weighted by atomic mass is 19.4. The minimum absolute atomic E-state index is 0.0134. The van der Waals surface area contributed by atoms with Gasteiger partial charge in [-0.25, -0.2) is 4.99 Å². The third-order valence-electron chi connectivity index (χ3n) is 1.51. The maximum absolute atomic E-state index is 12.2. The van der Waals surface area contributed by atoms with E-state index >= 15 is 0 Å². The number of nitrogens with two attached hydrogens (primary N) is 1. The Balaban J connectivity index is 5.01. The summed E-state index contributed by atoms with van der Waals surface area (Å²) in [7, 11) is 2.50. The summed E-state index contributed by atoms with van der Waals surface area (Å²) >= 11 is 0. The summed E-state index contributed by atoms with van der Waals surface area (Å²) in [6.07, 6.45) is -3.48. The van der Waals surface area contributed by atoms with Crippen molar-refractivity contribution >= 4 is 12.1 Å². The molecule has 0 saturated carbocycles. The fraction of sp³-hybridized carbons (Fsp3) is 0.500. The molecule has 0 rings (SSSR count). The summed E-state index contributed by atoms with van der Waals surface area (Å²) in [5.41, 5.74) is 4.30. The first kappa shape index (κ1) is 13.5. The molecule has 0 aromatic heterocycles. The van der Waals surface area contributed by atoms with Crippen LogP contribution < -0.4 is 5.73 Å². The van der Waals surface area contributed by atoms with Crippen molar-refractivity contribution in [1.82, 2.24) is 0 Å². The molecule has 2 N–H and O–H groups in total. The van der Waals surface area contributed by atoms with Crippen LogP contribution in [0.3, 0.4) is 0 Å². The Labute approximate surface area is 85.3 Å². The lowest BCUT2D eigenvalue weighted by atomic mass is 10.3. The van der Waals surface area contributed by atoms with Crippen LogP contribution >= 0.6 is 0 Å². The van der Waals surface area contributed by atoms with Crippen molar-refractivity contribution in [2.75, 3.05) is 14.2 Å². The molecule has 0 atom stereocenters. The molecular weight excluding hydrogens is 211 g/mol. The van der Waals surface area contributed by atoms with Crippen LogP contribution in [0, 0.1) is 0 Å². The lowest BCUT2D eigenvalue weighted by Crippen LogP contribution is -2.15. The molecular formula is C8H12F3N3O. The third kappa shape index (κ3) is 4.48. The third-order valence-corrected chi connectivity index (χ3v) is 1.51. The van der Waals surface area contributed by atoms with Crippen LogP contribution in [0.1, 0.15) is 6.92 Å². The van der Waals surface area contributed by atoms with Crippen molar-refractivity contribution in [2.24, 2.45) is 15.7 Å². The number of alkyl halides is 3. The summed E-state index contributed by atoms with van der Waals surface area (Å²) in [4.78, 5) is 6.94. The quantitative estimate of drug-likeness (QED) is 0.447. The van der Waals surface area contributed by atoms with Gasteiger partial charge in [-0.3, -0.25) is 4.99 Å². The molecule has 0 saturated heterocycles. The van der Waals surface area contributed by atoms with Crippen LogP contribution in [-0.2, 0) is 4.74 Å². The molecule has 0 aliphatic rings. The van der Waals surface area contributed by atoms with Crippen LogP contribution in [0.4, 0.5) is 13.2 Å². The molecule has 0 unspecified atom stereocenters. The topological polar surface area (TPSA) is 60.0 Å². The molecule has 0 aliphatic heterocycles. The molecule has 0 amide bonds. The Morgan fingerprint density at radius 1 is 1.40 bits per heavy atom. The van der Waals surface area contributed by atoms with Gasteiger partial charge in [0.05, 0.1) is 18.9 Å². The van der Waals surface area contributed by atoms with Crippen molar-refractivity contribution in [2.45, 2.75) is 13.1 Å². The van der Waals surface area contributed by atoms with Gasteiger partial charge in [0, 0.05) is 7.05 Å². The standard InChI is InChI=1S/C8H12F3N3O/c1-5(8(9,10)11)7(15-3)14-4-6(12)13-2/h4H,1-3H3,(H2,12,13)/b7-5-,14-4?. The Morgan fingerprint density at radius 3 is 2.27 bits per heavy atom. The zero-order valence-electron chi connectivity index (χ0n) is 8.59. The van der Waals surface area contributed by atoms with Crippen LogP contribution in [-0.4, -0.2) is 32.4 Å². The average Bonchev–Trinajstić information content (AvgIpc) is 2.16. The van der Waals surface area contributed by atoms with E-state index in [1.807, 2.05) is 0 Å². The van der Waals surface area contributed by atoms with Crippen molar-refractivity contribution in [3.8, 4) is 0 Å². The van der Waals surface area contributed by atoms with E-state index in [0.29, 0.717) is 0 Å². The van der Waals surface area contributed by atoms with E-state index in [1.165, 1.54) is 7.05 Å². The van der Waals surface area contributed by atoms with Gasteiger partial charge in [0.25, 0.3) is 0 Å². The van der Waals surface area contributed by atoms with Crippen molar-refractivity contribution in [3.05, 3.63) is 11.5 Å². The number of halogens is 3. The summed E-state index contributed by atoms with van der Waals surface area (Å²) in [6.45, 7) is 0.870. The van der Waals surface area contributed by atoms with Gasteiger partial charge in [-0.15, -0.1) is 0 Å². The first-order chi connectivity index (χ1) is 6.82. The summed E-state index contributed by atoms with van der Waals surface area (Å²) in [5.74, 6) is -0.520. The van der Waals surface area contributed by atoms with E-state index < -0.39 is 17.6 Å². The predicted molar refractivity (Wildman–Crippen MR) is 51.8 cm³/mol. The number of rotatable bonds is 3. The number of amidine groups is 1. The Morgan fingerprint density at radius 2 is 1.93 bits per heavy atom. The minimum atomic E-state index is -4.47. The molecule has 86 valence electrons. The van der Waals surface area contributed by atoms with Gasteiger partial charge < -0.3 is 10.5 Å². The molecule has 0 aromatic carbocycles. The van der Waals surface area contributed by atoms with Gasteiger partial charge in [-0.2, -0.15) is 13.2 Å². The average molecular weight is 223 g/mol. The van der Waals surface area contributed by atoms with Crippen LogP contribution in [0.5, 0.6) is 0 Å². The highest BCUT2D eigenvalue weighted by molar-refractivity contribution is 6.28. The molecule has 0 bridgehead atoms. The van der Waals surface area contributed by atoms with Crippen LogP contribution in [0.25, 0.3) is 0 Å². The normalized spacial score (nSPS) is 15.5. The van der Waals surface area contributed by atoms with Gasteiger partial charge in [0.1, 0.15) is 5.84 Å². The van der Waals surface area contributed by atoms with Gasteiger partial charge in [0.15, 0.2) is 0 Å². The molecule has 0 aromatic rings. The van der Waals surface area contributed by atoms with Gasteiger partial charge in [0.2, 0.25) is 5.88 Å². The predicted octanol–water partition coefficient (Wildman–Crippen LogP) is 1.48. The Bertz CT molecular complexity index is 305. The second-order valence-electron chi connectivity index (χ2n) is 2.54. The lowest BCUT2D eigenvalue weighted by molar-refractivity contribution is -0.0946. The number of aliphatic imine (C=N–C) groups is 2. The lowest BCUT2D eigenvalue weighted by Gasteiger charge is -2.09. The molecule has 0 heterocycles. The first-order valence-electron chi connectivity index (χ1n) is 3.91. The molecule has 0 spiro atoms. The van der Waals surface area contributed by atoms with Crippen molar-refractivity contribution in [1.29, 1.82) is 0 Å². The van der Waals surface area contributed by atoms with Gasteiger partial charge >= 0.3 is 6.18 Å². The molecule has 4 nitrogen and oxygen atoms in total. The second kappa shape index (κ2) is 5.38. The Hall–Kier alpha value is -1.53. The largest absolute Gasteiger partial charge is 0.481 e. The smallest absolute Gasteiger partial charge is 0.417 e. The molecule has 15 heavy (non-hydrogen) atoms. The van der Waals surface area contributed by atoms with Crippen LogP contribution in [0.2, 0.25) is 0 Å². The zero-order chi connectivity index (χ0) is 12.1. The van der Waals surface area contributed by atoms with E-state index in [2.05, 4.69) is 14.7 Å². The second-order valence-corrected chi connectivity index (χ2v) is 2.54. The minimum Gasteiger partial charge on any atom is -0.481 e. The Kier molecular flexibility index (Phi) is 4.83. The van der Waals surface area contributed by atoms with E-state index in [4.69, 9.17) is 5.73 Å². The maximum Gasteiger partial charge on any atom is 0.417 e. The van der Waals surface area contributed by atoms with E-state index in [9.17, 15) is 13.2 Å². The van der Waals surface area contributed by atoms with Gasteiger partial charge in [-0.1, -0.05) is 0 Å². The highest BCUT2D eigenvalue weighted by Gasteiger charge is 2.33. The first-order valence-corrected chi connectivity index (χ1v) is 3.91. The van der Waals surface area contributed by atoms with Crippen LogP contribution in [0.15, 0.2) is 21.4 Å². The number of hydrogen-bond donors (Lipinski definition) is 1. The van der Waals surface area contributed by atoms with Gasteiger partial charge in [-0.05, 0) is 6.92 Å². The fourth-order valence-electron chi connectivity index (χ4n) is 0.606. The van der Waals surface area contributed by atoms with Crippen molar-refractivity contribution in [3.63, 3.8) is 0 Å². The SMILES string of the molecule is CN=C(N)C=N/C(OC)=C(\C)C(F)(F)F. The molecule has 0 fully saturated rings. The highest BCUT2D eigenvalue weighted by Crippen LogP contribution is 2.28. The number of allylic oxidation sites excluding steroid dienone is 1. The number of hydrogen-bond acceptors (Lipinski definition) is 3. The van der Waals surface area contributed by atoms with Crippen molar-refractivity contribution < 1.29 is 17.9 Å². The number of nitrogens with zero attached hydrogens (tertiary/aromatic N) is 2. The van der Waals surface area contributed by atoms with E-state index in [0.717, 1.165) is 20.2 Å². The zero-order valence-corrected chi connectivity index (χ0v) is 8.59. The van der Waals surface area contributed by atoms with E-state index in [-0.39, 0.29) is 5.84 Å². The summed E-state index contributed by atoms with van der Waals surface area (Å²) in [6, 6.07) is 0. The monoisotopic (exact) mass is 223 g/mol.